The lowest BCUT2D eigenvalue weighted by atomic mass is 10.1. The van der Waals surface area contributed by atoms with E-state index in [1.807, 2.05) is 60.0 Å². The molecule has 0 saturated carbocycles. The Morgan fingerprint density at radius 2 is 1.69 bits per heavy atom. The maximum absolute atomic E-state index is 13.8. The number of nitrogens with zero attached hydrogens (tertiary/aromatic N) is 2. The summed E-state index contributed by atoms with van der Waals surface area (Å²) in [7, 11) is 0. The van der Waals surface area contributed by atoms with Crippen molar-refractivity contribution < 1.29 is 4.39 Å². The fourth-order valence-corrected chi connectivity index (χ4v) is 5.53. The van der Waals surface area contributed by atoms with E-state index in [4.69, 9.17) is 16.6 Å². The predicted molar refractivity (Wildman–Crippen MR) is 132 cm³/mol. The van der Waals surface area contributed by atoms with Crippen LogP contribution in [0, 0.1) is 5.82 Å². The number of thiophene rings is 1. The molecule has 0 spiro atoms. The van der Waals surface area contributed by atoms with Crippen LogP contribution < -0.4 is 5.56 Å². The summed E-state index contributed by atoms with van der Waals surface area (Å²) >= 11 is 8.95. The van der Waals surface area contributed by atoms with Gasteiger partial charge in [-0.1, -0.05) is 65.8 Å². The van der Waals surface area contributed by atoms with Crippen LogP contribution in [0.3, 0.4) is 0 Å². The summed E-state index contributed by atoms with van der Waals surface area (Å²) < 4.78 is 14.9. The van der Waals surface area contributed by atoms with Crippen molar-refractivity contribution in [2.45, 2.75) is 10.9 Å². The van der Waals surface area contributed by atoms with Crippen LogP contribution in [0.5, 0.6) is 0 Å². The number of para-hydroxylation sites is 1. The molecule has 0 aliphatic rings. The average Bonchev–Trinajstić information content (AvgIpc) is 3.24. The second-order valence-electron chi connectivity index (χ2n) is 7.12. The van der Waals surface area contributed by atoms with Gasteiger partial charge in [0.05, 0.1) is 11.1 Å². The van der Waals surface area contributed by atoms with Crippen molar-refractivity contribution in [3.8, 4) is 16.8 Å². The Bertz CT molecular complexity index is 1450. The van der Waals surface area contributed by atoms with Gasteiger partial charge >= 0.3 is 0 Å². The zero-order valence-electron chi connectivity index (χ0n) is 16.7. The van der Waals surface area contributed by atoms with Crippen molar-refractivity contribution in [2.24, 2.45) is 0 Å². The van der Waals surface area contributed by atoms with E-state index in [9.17, 15) is 9.18 Å². The molecule has 5 rings (SSSR count). The minimum atomic E-state index is -0.271. The molecule has 0 N–H and O–H groups in total. The van der Waals surface area contributed by atoms with Crippen LogP contribution in [0.15, 0.2) is 94.2 Å². The van der Waals surface area contributed by atoms with E-state index in [-0.39, 0.29) is 11.4 Å². The van der Waals surface area contributed by atoms with E-state index >= 15 is 0 Å². The quantitative estimate of drug-likeness (QED) is 0.198. The number of aromatic nitrogens is 2. The Balaban J connectivity index is 1.65. The topological polar surface area (TPSA) is 34.9 Å². The van der Waals surface area contributed by atoms with Crippen LogP contribution in [0.2, 0.25) is 5.02 Å². The van der Waals surface area contributed by atoms with Crippen LogP contribution in [0.4, 0.5) is 4.39 Å². The molecule has 0 amide bonds. The zero-order valence-corrected chi connectivity index (χ0v) is 19.1. The molecule has 2 aromatic heterocycles. The second-order valence-corrected chi connectivity index (χ2v) is 9.36. The third-order valence-corrected chi connectivity index (χ3v) is 7.16. The van der Waals surface area contributed by atoms with Crippen molar-refractivity contribution >= 4 is 44.9 Å². The van der Waals surface area contributed by atoms with Gasteiger partial charge in [0.1, 0.15) is 10.6 Å². The first kappa shape index (κ1) is 20.9. The van der Waals surface area contributed by atoms with Gasteiger partial charge in [-0.3, -0.25) is 9.36 Å². The number of benzene rings is 3. The molecule has 5 aromatic rings. The molecule has 0 aliphatic carbocycles. The first-order chi connectivity index (χ1) is 15.6. The van der Waals surface area contributed by atoms with E-state index in [0.717, 1.165) is 22.4 Å². The number of hydrogen-bond acceptors (Lipinski definition) is 4. The van der Waals surface area contributed by atoms with Gasteiger partial charge in [0, 0.05) is 21.7 Å². The van der Waals surface area contributed by atoms with Crippen molar-refractivity contribution in [1.29, 1.82) is 0 Å². The molecule has 0 radical (unpaired) electrons. The highest BCUT2D eigenvalue weighted by Gasteiger charge is 2.18. The van der Waals surface area contributed by atoms with Gasteiger partial charge in [-0.25, -0.2) is 9.37 Å². The second kappa shape index (κ2) is 8.90. The fraction of sp³-hybridized carbons (Fsp3) is 0.0400. The van der Waals surface area contributed by atoms with Gasteiger partial charge in [0.2, 0.25) is 0 Å². The van der Waals surface area contributed by atoms with E-state index in [2.05, 4.69) is 0 Å². The third kappa shape index (κ3) is 4.09. The molecule has 158 valence electrons. The number of thioether (sulfide) groups is 1. The van der Waals surface area contributed by atoms with E-state index < -0.39 is 0 Å². The molecule has 3 nitrogen and oxygen atoms in total. The smallest absolute Gasteiger partial charge is 0.268 e. The van der Waals surface area contributed by atoms with Crippen LogP contribution in [-0.2, 0) is 5.75 Å². The number of halogens is 2. The molecular weight excluding hydrogens is 463 g/mol. The lowest BCUT2D eigenvalue weighted by molar-refractivity contribution is 0.627. The highest BCUT2D eigenvalue weighted by molar-refractivity contribution is 7.98. The highest BCUT2D eigenvalue weighted by atomic mass is 35.5. The van der Waals surface area contributed by atoms with E-state index in [1.54, 1.807) is 16.7 Å². The van der Waals surface area contributed by atoms with E-state index in [1.165, 1.54) is 35.2 Å². The highest BCUT2D eigenvalue weighted by Crippen LogP contribution is 2.34. The first-order valence-electron chi connectivity index (χ1n) is 9.83. The van der Waals surface area contributed by atoms with Crippen LogP contribution >= 0.6 is 34.7 Å². The molecule has 7 heteroatoms. The summed E-state index contributed by atoms with van der Waals surface area (Å²) in [6.45, 7) is 0. The zero-order chi connectivity index (χ0) is 22.1. The summed E-state index contributed by atoms with van der Waals surface area (Å²) in [5, 5.41) is 3.80. The monoisotopic (exact) mass is 478 g/mol. The van der Waals surface area contributed by atoms with Crippen LogP contribution in [-0.4, -0.2) is 9.55 Å². The van der Waals surface area contributed by atoms with Crippen LogP contribution in [0.1, 0.15) is 5.56 Å². The van der Waals surface area contributed by atoms with E-state index in [0.29, 0.717) is 26.1 Å². The fourth-order valence-electron chi connectivity index (χ4n) is 3.44. The van der Waals surface area contributed by atoms with Gasteiger partial charge in [0.15, 0.2) is 5.16 Å². The SMILES string of the molecule is O=c1c2c(-c3ccc(Cl)cc3)csc2nc(SCc2ccc(F)cc2)n1-c1ccccc1. The lowest BCUT2D eigenvalue weighted by Crippen LogP contribution is -2.21. The molecule has 0 saturated heterocycles. The molecule has 0 unspecified atom stereocenters. The number of rotatable bonds is 5. The van der Waals surface area contributed by atoms with Gasteiger partial charge in [-0.15, -0.1) is 11.3 Å². The molecule has 0 aliphatic heterocycles. The van der Waals surface area contributed by atoms with Crippen molar-refractivity contribution in [3.05, 3.63) is 111 Å². The molecule has 3 aromatic carbocycles. The minimum Gasteiger partial charge on any atom is -0.268 e. The summed E-state index contributed by atoms with van der Waals surface area (Å²) in [5.41, 5.74) is 3.36. The molecule has 0 atom stereocenters. The number of fused-ring (bicyclic) bond motifs is 1. The van der Waals surface area contributed by atoms with Gasteiger partial charge in [0.25, 0.3) is 5.56 Å². The Morgan fingerprint density at radius 3 is 2.41 bits per heavy atom. The standard InChI is InChI=1S/C25H16ClFN2OS2/c26-18-10-8-17(9-11-18)21-15-31-23-22(21)24(30)29(20-4-2-1-3-5-20)25(28-23)32-14-16-6-12-19(27)13-7-16/h1-13,15H,14H2. The van der Waals surface area contributed by atoms with Gasteiger partial charge in [-0.05, 0) is 47.5 Å². The van der Waals surface area contributed by atoms with Gasteiger partial charge in [-0.2, -0.15) is 0 Å². The molecule has 2 heterocycles. The van der Waals surface area contributed by atoms with Crippen molar-refractivity contribution in [2.75, 3.05) is 0 Å². The number of hydrogen-bond donors (Lipinski definition) is 0. The Hall–Kier alpha value is -2.93. The van der Waals surface area contributed by atoms with Gasteiger partial charge < -0.3 is 0 Å². The third-order valence-electron chi connectivity index (χ3n) is 5.03. The van der Waals surface area contributed by atoms with Crippen molar-refractivity contribution in [1.82, 2.24) is 9.55 Å². The summed E-state index contributed by atoms with van der Waals surface area (Å²) in [6.07, 6.45) is 0. The molecular formula is C25H16ClFN2OS2. The molecule has 0 fully saturated rings. The summed E-state index contributed by atoms with van der Waals surface area (Å²) in [4.78, 5) is 19.3. The minimum absolute atomic E-state index is 0.117. The Labute approximate surface area is 197 Å². The van der Waals surface area contributed by atoms with Crippen molar-refractivity contribution in [3.63, 3.8) is 0 Å². The van der Waals surface area contributed by atoms with Crippen LogP contribution in [0.25, 0.3) is 27.0 Å². The molecule has 32 heavy (non-hydrogen) atoms. The maximum atomic E-state index is 13.8. The maximum Gasteiger partial charge on any atom is 0.268 e. The predicted octanol–water partition coefficient (Wildman–Crippen LogP) is 7.20. The summed E-state index contributed by atoms with van der Waals surface area (Å²) in [5.74, 6) is 0.299. The largest absolute Gasteiger partial charge is 0.268 e. The first-order valence-corrected chi connectivity index (χ1v) is 12.1. The summed E-state index contributed by atoms with van der Waals surface area (Å²) in [6, 6.07) is 23.3. The average molecular weight is 479 g/mol. The Morgan fingerprint density at radius 1 is 0.969 bits per heavy atom. The lowest BCUT2D eigenvalue weighted by Gasteiger charge is -2.13. The molecule has 0 bridgehead atoms. The normalized spacial score (nSPS) is 11.2. The Kier molecular flexibility index (Phi) is 5.83.